The first kappa shape index (κ1) is 15.6. The summed E-state index contributed by atoms with van der Waals surface area (Å²) in [7, 11) is 0. The van der Waals surface area contributed by atoms with E-state index in [9.17, 15) is 9.18 Å². The number of H-pyrrole nitrogens is 1. The number of aryl methyl sites for hydroxylation is 1. The molecule has 0 bridgehead atoms. The van der Waals surface area contributed by atoms with Crippen molar-refractivity contribution in [2.24, 2.45) is 5.10 Å². The highest BCUT2D eigenvalue weighted by Gasteiger charge is 2.10. The van der Waals surface area contributed by atoms with Gasteiger partial charge in [-0.3, -0.25) is 9.89 Å². The lowest BCUT2D eigenvalue weighted by molar-refractivity contribution is 0.0950. The molecule has 0 unspecified atom stereocenters. The highest BCUT2D eigenvalue weighted by molar-refractivity contribution is 5.94. The number of carbonyl (C=O) groups is 1. The van der Waals surface area contributed by atoms with Crippen molar-refractivity contribution in [3.8, 4) is 11.3 Å². The van der Waals surface area contributed by atoms with Crippen LogP contribution in [0.1, 0.15) is 21.6 Å². The van der Waals surface area contributed by atoms with Crippen molar-refractivity contribution in [1.82, 2.24) is 15.6 Å². The monoisotopic (exact) mass is 322 g/mol. The number of aromatic amines is 1. The van der Waals surface area contributed by atoms with E-state index in [4.69, 9.17) is 0 Å². The van der Waals surface area contributed by atoms with Crippen LogP contribution in [-0.4, -0.2) is 22.3 Å². The first-order valence-electron chi connectivity index (χ1n) is 7.34. The van der Waals surface area contributed by atoms with Gasteiger partial charge in [-0.05, 0) is 19.1 Å². The van der Waals surface area contributed by atoms with Gasteiger partial charge in [0.2, 0.25) is 0 Å². The molecule has 0 saturated heterocycles. The lowest BCUT2D eigenvalue weighted by Crippen LogP contribution is -2.18. The largest absolute Gasteiger partial charge is 0.289 e. The SMILES string of the molecule is Cc1ccc(-c2cc(C(=O)N/N=C/c3ccccc3F)[nH]n2)cc1. The number of hydrogen-bond donors (Lipinski definition) is 2. The van der Waals surface area contributed by atoms with Crippen molar-refractivity contribution in [2.75, 3.05) is 0 Å². The van der Waals surface area contributed by atoms with Crippen molar-refractivity contribution in [3.05, 3.63) is 77.2 Å². The topological polar surface area (TPSA) is 70.1 Å². The van der Waals surface area contributed by atoms with Crippen molar-refractivity contribution >= 4 is 12.1 Å². The van der Waals surface area contributed by atoms with Gasteiger partial charge in [0.05, 0.1) is 11.9 Å². The maximum absolute atomic E-state index is 13.4. The molecule has 1 amide bonds. The molecule has 0 saturated carbocycles. The fourth-order valence-electron chi connectivity index (χ4n) is 2.11. The molecule has 3 aromatic rings. The van der Waals surface area contributed by atoms with E-state index in [1.807, 2.05) is 31.2 Å². The van der Waals surface area contributed by atoms with Crippen LogP contribution in [-0.2, 0) is 0 Å². The molecule has 0 fully saturated rings. The maximum Gasteiger partial charge on any atom is 0.289 e. The number of halogens is 1. The lowest BCUT2D eigenvalue weighted by atomic mass is 10.1. The van der Waals surface area contributed by atoms with Crippen LogP contribution in [0.15, 0.2) is 59.7 Å². The molecule has 1 aromatic heterocycles. The van der Waals surface area contributed by atoms with E-state index in [1.54, 1.807) is 24.3 Å². The van der Waals surface area contributed by atoms with Crippen LogP contribution in [0, 0.1) is 12.7 Å². The van der Waals surface area contributed by atoms with Gasteiger partial charge in [-0.25, -0.2) is 9.82 Å². The smallest absolute Gasteiger partial charge is 0.272 e. The summed E-state index contributed by atoms with van der Waals surface area (Å²) in [5, 5.41) is 10.5. The number of carbonyl (C=O) groups excluding carboxylic acids is 1. The highest BCUT2D eigenvalue weighted by Crippen LogP contribution is 2.18. The number of rotatable bonds is 4. The molecule has 5 nitrogen and oxygen atoms in total. The third-order valence-corrected chi connectivity index (χ3v) is 3.44. The summed E-state index contributed by atoms with van der Waals surface area (Å²) in [6, 6.07) is 15.6. The average Bonchev–Trinajstić information content (AvgIpc) is 3.07. The Morgan fingerprint density at radius 2 is 1.96 bits per heavy atom. The molecule has 2 N–H and O–H groups in total. The van der Waals surface area contributed by atoms with Gasteiger partial charge in [-0.1, -0.05) is 48.0 Å². The average molecular weight is 322 g/mol. The van der Waals surface area contributed by atoms with E-state index in [-0.39, 0.29) is 5.69 Å². The molecule has 0 spiro atoms. The Morgan fingerprint density at radius 1 is 1.21 bits per heavy atom. The number of nitrogens with one attached hydrogen (secondary N) is 2. The molecule has 24 heavy (non-hydrogen) atoms. The van der Waals surface area contributed by atoms with Gasteiger partial charge in [0.1, 0.15) is 11.5 Å². The number of aromatic nitrogens is 2. The van der Waals surface area contributed by atoms with Crippen LogP contribution in [0.3, 0.4) is 0 Å². The molecule has 0 radical (unpaired) electrons. The quantitative estimate of drug-likeness (QED) is 0.571. The van der Waals surface area contributed by atoms with E-state index in [1.165, 1.54) is 12.3 Å². The maximum atomic E-state index is 13.4. The second-order valence-corrected chi connectivity index (χ2v) is 5.25. The number of hydrazone groups is 1. The van der Waals surface area contributed by atoms with Crippen LogP contribution in [0.5, 0.6) is 0 Å². The van der Waals surface area contributed by atoms with Crippen LogP contribution in [0.25, 0.3) is 11.3 Å². The predicted molar refractivity (Wildman–Crippen MR) is 90.2 cm³/mol. The molecule has 0 atom stereocenters. The molecule has 0 aliphatic heterocycles. The number of nitrogens with zero attached hydrogens (tertiary/aromatic N) is 2. The van der Waals surface area contributed by atoms with Crippen molar-refractivity contribution < 1.29 is 9.18 Å². The summed E-state index contributed by atoms with van der Waals surface area (Å²) in [5.74, 6) is -0.854. The van der Waals surface area contributed by atoms with E-state index >= 15 is 0 Å². The lowest BCUT2D eigenvalue weighted by Gasteiger charge is -1.97. The van der Waals surface area contributed by atoms with Gasteiger partial charge in [-0.2, -0.15) is 10.2 Å². The van der Waals surface area contributed by atoms with E-state index in [2.05, 4.69) is 20.7 Å². The highest BCUT2D eigenvalue weighted by atomic mass is 19.1. The number of amides is 1. The minimum atomic E-state index is -0.451. The molecule has 0 aliphatic carbocycles. The number of hydrogen-bond acceptors (Lipinski definition) is 3. The van der Waals surface area contributed by atoms with Gasteiger partial charge in [0.15, 0.2) is 0 Å². The third-order valence-electron chi connectivity index (χ3n) is 3.44. The Kier molecular flexibility index (Phi) is 4.47. The molecule has 120 valence electrons. The molecule has 1 heterocycles. The summed E-state index contributed by atoms with van der Waals surface area (Å²) in [4.78, 5) is 12.0. The molecule has 2 aromatic carbocycles. The van der Waals surface area contributed by atoms with Crippen LogP contribution in [0.2, 0.25) is 0 Å². The first-order valence-corrected chi connectivity index (χ1v) is 7.34. The molecule has 3 rings (SSSR count). The first-order chi connectivity index (χ1) is 11.6. The van der Waals surface area contributed by atoms with Gasteiger partial charge >= 0.3 is 0 Å². The van der Waals surface area contributed by atoms with Gasteiger partial charge in [0, 0.05) is 11.1 Å². The van der Waals surface area contributed by atoms with Gasteiger partial charge in [0.25, 0.3) is 5.91 Å². The standard InChI is InChI=1S/C18H15FN4O/c1-12-6-8-13(9-7-12)16-10-17(22-21-16)18(24)23-20-11-14-4-2-3-5-15(14)19/h2-11H,1H3,(H,21,22)(H,23,24)/b20-11+. The van der Waals surface area contributed by atoms with E-state index < -0.39 is 11.7 Å². The predicted octanol–water partition coefficient (Wildman–Crippen LogP) is 3.29. The van der Waals surface area contributed by atoms with Gasteiger partial charge < -0.3 is 0 Å². The molecule has 6 heteroatoms. The molecule has 0 aliphatic rings. The Hall–Kier alpha value is -3.28. The van der Waals surface area contributed by atoms with Crippen molar-refractivity contribution in [1.29, 1.82) is 0 Å². The normalized spacial score (nSPS) is 10.9. The summed E-state index contributed by atoms with van der Waals surface area (Å²) in [6.45, 7) is 2.00. The summed E-state index contributed by atoms with van der Waals surface area (Å²) >= 11 is 0. The Labute approximate surface area is 138 Å². The third kappa shape index (κ3) is 3.55. The Bertz CT molecular complexity index is 884. The zero-order valence-electron chi connectivity index (χ0n) is 13.0. The second-order valence-electron chi connectivity index (χ2n) is 5.25. The van der Waals surface area contributed by atoms with E-state index in [0.717, 1.165) is 11.1 Å². The van der Waals surface area contributed by atoms with E-state index in [0.29, 0.717) is 11.3 Å². The van der Waals surface area contributed by atoms with Crippen LogP contribution < -0.4 is 5.43 Å². The minimum absolute atomic E-state index is 0.274. The fraction of sp³-hybridized carbons (Fsp3) is 0.0556. The minimum Gasteiger partial charge on any atom is -0.272 e. The zero-order chi connectivity index (χ0) is 16.9. The number of benzene rings is 2. The van der Waals surface area contributed by atoms with Crippen molar-refractivity contribution in [3.63, 3.8) is 0 Å². The van der Waals surface area contributed by atoms with Crippen LogP contribution in [0.4, 0.5) is 4.39 Å². The van der Waals surface area contributed by atoms with Gasteiger partial charge in [-0.15, -0.1) is 0 Å². The summed E-state index contributed by atoms with van der Waals surface area (Å²) in [6.07, 6.45) is 1.25. The second kappa shape index (κ2) is 6.87. The Morgan fingerprint density at radius 3 is 2.71 bits per heavy atom. The van der Waals surface area contributed by atoms with Crippen LogP contribution >= 0.6 is 0 Å². The summed E-state index contributed by atoms with van der Waals surface area (Å²) in [5.41, 5.74) is 5.63. The summed E-state index contributed by atoms with van der Waals surface area (Å²) < 4.78 is 13.4. The molecular formula is C18H15FN4O. The molecular weight excluding hydrogens is 307 g/mol. The fourth-order valence-corrected chi connectivity index (χ4v) is 2.11. The van der Waals surface area contributed by atoms with Crippen molar-refractivity contribution in [2.45, 2.75) is 6.92 Å². The Balaban J connectivity index is 1.68. The zero-order valence-corrected chi connectivity index (χ0v) is 13.0.